The third-order valence-corrected chi connectivity index (χ3v) is 4.17. The molecule has 0 spiro atoms. The number of aliphatic carboxylic acids is 1. The van der Waals surface area contributed by atoms with Crippen molar-refractivity contribution in [3.05, 3.63) is 35.4 Å². The molecule has 116 valence electrons. The summed E-state index contributed by atoms with van der Waals surface area (Å²) in [5.41, 5.74) is 2.31. The van der Waals surface area contributed by atoms with Crippen LogP contribution in [0.25, 0.3) is 0 Å². The number of rotatable bonds is 4. The fourth-order valence-corrected chi connectivity index (χ4v) is 2.86. The van der Waals surface area contributed by atoms with E-state index in [9.17, 15) is 4.79 Å². The number of piperazine rings is 1. The summed E-state index contributed by atoms with van der Waals surface area (Å²) in [6.07, 6.45) is 0.109. The van der Waals surface area contributed by atoms with Gasteiger partial charge in [-0.25, -0.2) is 0 Å². The molecule has 1 aliphatic heterocycles. The molecule has 1 aromatic rings. The first-order valence-electron chi connectivity index (χ1n) is 7.62. The normalized spacial score (nSPS) is 17.9. The van der Waals surface area contributed by atoms with Crippen LogP contribution in [0.3, 0.4) is 0 Å². The van der Waals surface area contributed by atoms with E-state index >= 15 is 0 Å². The van der Waals surface area contributed by atoms with Crippen LogP contribution in [0.5, 0.6) is 0 Å². The van der Waals surface area contributed by atoms with Crippen LogP contribution in [0, 0.1) is 0 Å². The Morgan fingerprint density at radius 2 is 1.67 bits per heavy atom. The first kappa shape index (κ1) is 16.0. The number of hydrogen-bond acceptors (Lipinski definition) is 3. The van der Waals surface area contributed by atoms with Crippen molar-refractivity contribution < 1.29 is 9.90 Å². The zero-order chi connectivity index (χ0) is 15.5. The van der Waals surface area contributed by atoms with E-state index in [1.54, 1.807) is 0 Å². The van der Waals surface area contributed by atoms with Gasteiger partial charge in [0, 0.05) is 38.3 Å². The Hall–Kier alpha value is -1.39. The van der Waals surface area contributed by atoms with Gasteiger partial charge in [0.1, 0.15) is 0 Å². The standard InChI is InChI=1S/C17H26N2O2/c1-17(2,3)19-10-8-18(9-11-19)13-15-7-5-4-6-14(15)12-16(20)21/h4-7H,8-13H2,1-3H3,(H,20,21). The number of hydrogen-bond donors (Lipinski definition) is 1. The van der Waals surface area contributed by atoms with Gasteiger partial charge in [-0.05, 0) is 31.9 Å². The Morgan fingerprint density at radius 1 is 1.10 bits per heavy atom. The zero-order valence-electron chi connectivity index (χ0n) is 13.3. The van der Waals surface area contributed by atoms with E-state index in [1.165, 1.54) is 0 Å². The molecule has 1 N–H and O–H groups in total. The molecule has 0 saturated carbocycles. The average molecular weight is 290 g/mol. The Balaban J connectivity index is 1.96. The summed E-state index contributed by atoms with van der Waals surface area (Å²) in [5, 5.41) is 9.00. The molecule has 1 fully saturated rings. The second kappa shape index (κ2) is 6.58. The highest BCUT2D eigenvalue weighted by Crippen LogP contribution is 2.18. The van der Waals surface area contributed by atoms with Crippen LogP contribution in [0.4, 0.5) is 0 Å². The van der Waals surface area contributed by atoms with E-state index in [-0.39, 0.29) is 12.0 Å². The van der Waals surface area contributed by atoms with Crippen LogP contribution in [0.1, 0.15) is 31.9 Å². The van der Waals surface area contributed by atoms with Crippen LogP contribution in [-0.2, 0) is 17.8 Å². The van der Waals surface area contributed by atoms with Crippen molar-refractivity contribution in [2.24, 2.45) is 0 Å². The highest BCUT2D eigenvalue weighted by atomic mass is 16.4. The third-order valence-electron chi connectivity index (χ3n) is 4.17. The Bertz CT molecular complexity index is 486. The molecule has 1 aliphatic rings. The van der Waals surface area contributed by atoms with Crippen LogP contribution in [0.15, 0.2) is 24.3 Å². The molecule has 21 heavy (non-hydrogen) atoms. The summed E-state index contributed by atoms with van der Waals surface area (Å²) < 4.78 is 0. The smallest absolute Gasteiger partial charge is 0.307 e. The number of carboxylic acids is 1. The summed E-state index contributed by atoms with van der Waals surface area (Å²) in [4.78, 5) is 15.9. The van der Waals surface area contributed by atoms with Gasteiger partial charge in [-0.15, -0.1) is 0 Å². The monoisotopic (exact) mass is 290 g/mol. The molecule has 0 atom stereocenters. The fourth-order valence-electron chi connectivity index (χ4n) is 2.86. The van der Waals surface area contributed by atoms with Crippen LogP contribution in [0.2, 0.25) is 0 Å². The van der Waals surface area contributed by atoms with Gasteiger partial charge in [-0.2, -0.15) is 0 Å². The Labute approximate surface area is 127 Å². The minimum absolute atomic E-state index is 0.109. The predicted octanol–water partition coefficient (Wildman–Crippen LogP) is 2.23. The second-order valence-electron chi connectivity index (χ2n) is 6.77. The molecular weight excluding hydrogens is 264 g/mol. The number of carboxylic acid groups (broad SMARTS) is 1. The quantitative estimate of drug-likeness (QED) is 0.923. The molecule has 0 amide bonds. The first-order valence-corrected chi connectivity index (χ1v) is 7.62. The summed E-state index contributed by atoms with van der Waals surface area (Å²) in [7, 11) is 0. The minimum Gasteiger partial charge on any atom is -0.481 e. The van der Waals surface area contributed by atoms with Gasteiger partial charge < -0.3 is 5.11 Å². The summed E-state index contributed by atoms with van der Waals surface area (Å²) in [6, 6.07) is 7.88. The molecule has 0 bridgehead atoms. The summed E-state index contributed by atoms with van der Waals surface area (Å²) >= 11 is 0. The lowest BCUT2D eigenvalue weighted by Crippen LogP contribution is -2.53. The van der Waals surface area contributed by atoms with Gasteiger partial charge in [0.15, 0.2) is 0 Å². The van der Waals surface area contributed by atoms with Gasteiger partial charge in [0.2, 0.25) is 0 Å². The average Bonchev–Trinajstić information content (AvgIpc) is 2.40. The highest BCUT2D eigenvalue weighted by Gasteiger charge is 2.25. The van der Waals surface area contributed by atoms with Crippen molar-refractivity contribution in [2.75, 3.05) is 26.2 Å². The van der Waals surface area contributed by atoms with E-state index in [4.69, 9.17) is 5.11 Å². The van der Waals surface area contributed by atoms with Crippen molar-refractivity contribution >= 4 is 5.97 Å². The van der Waals surface area contributed by atoms with E-state index in [1.807, 2.05) is 18.2 Å². The molecule has 0 radical (unpaired) electrons. The van der Waals surface area contributed by atoms with Gasteiger partial charge in [0.25, 0.3) is 0 Å². The second-order valence-corrected chi connectivity index (χ2v) is 6.77. The van der Waals surface area contributed by atoms with Crippen molar-refractivity contribution in [3.8, 4) is 0 Å². The molecule has 0 unspecified atom stereocenters. The number of carbonyl (C=O) groups is 1. The van der Waals surface area contributed by atoms with E-state index in [0.29, 0.717) is 0 Å². The molecule has 4 nitrogen and oxygen atoms in total. The van der Waals surface area contributed by atoms with Crippen molar-refractivity contribution in [1.29, 1.82) is 0 Å². The minimum atomic E-state index is -0.764. The van der Waals surface area contributed by atoms with Crippen LogP contribution >= 0.6 is 0 Å². The van der Waals surface area contributed by atoms with Crippen LogP contribution in [-0.4, -0.2) is 52.6 Å². The molecule has 1 aromatic carbocycles. The number of benzene rings is 1. The van der Waals surface area contributed by atoms with Crippen molar-refractivity contribution in [1.82, 2.24) is 9.80 Å². The Morgan fingerprint density at radius 3 is 2.19 bits per heavy atom. The number of nitrogens with zero attached hydrogens (tertiary/aromatic N) is 2. The molecule has 0 aromatic heterocycles. The molecule has 1 heterocycles. The maximum Gasteiger partial charge on any atom is 0.307 e. The van der Waals surface area contributed by atoms with E-state index in [0.717, 1.165) is 43.9 Å². The van der Waals surface area contributed by atoms with E-state index < -0.39 is 5.97 Å². The maximum absolute atomic E-state index is 10.9. The first-order chi connectivity index (χ1) is 9.86. The summed E-state index contributed by atoms with van der Waals surface area (Å²) in [6.45, 7) is 11.8. The summed E-state index contributed by atoms with van der Waals surface area (Å²) in [5.74, 6) is -0.764. The Kier molecular flexibility index (Phi) is 5.01. The SMILES string of the molecule is CC(C)(C)N1CCN(Cc2ccccc2CC(=O)O)CC1. The van der Waals surface area contributed by atoms with Gasteiger partial charge >= 0.3 is 5.97 Å². The molecule has 2 rings (SSSR count). The zero-order valence-corrected chi connectivity index (χ0v) is 13.3. The fraction of sp³-hybridized carbons (Fsp3) is 0.588. The van der Waals surface area contributed by atoms with E-state index in [2.05, 4.69) is 36.6 Å². The van der Waals surface area contributed by atoms with Crippen molar-refractivity contribution in [3.63, 3.8) is 0 Å². The van der Waals surface area contributed by atoms with Crippen molar-refractivity contribution in [2.45, 2.75) is 39.3 Å². The largest absolute Gasteiger partial charge is 0.481 e. The molecule has 4 heteroatoms. The molecule has 0 aliphatic carbocycles. The van der Waals surface area contributed by atoms with Gasteiger partial charge in [-0.1, -0.05) is 24.3 Å². The van der Waals surface area contributed by atoms with Crippen LogP contribution < -0.4 is 0 Å². The molecular formula is C17H26N2O2. The maximum atomic E-state index is 10.9. The topological polar surface area (TPSA) is 43.8 Å². The highest BCUT2D eigenvalue weighted by molar-refractivity contribution is 5.70. The van der Waals surface area contributed by atoms with Gasteiger partial charge in [-0.3, -0.25) is 14.6 Å². The lowest BCUT2D eigenvalue weighted by Gasteiger charge is -2.42. The third kappa shape index (κ3) is 4.55. The lowest BCUT2D eigenvalue weighted by atomic mass is 10.0. The lowest BCUT2D eigenvalue weighted by molar-refractivity contribution is -0.136. The predicted molar refractivity (Wildman–Crippen MR) is 84.4 cm³/mol. The van der Waals surface area contributed by atoms with Gasteiger partial charge in [0.05, 0.1) is 6.42 Å². The molecule has 1 saturated heterocycles.